The van der Waals surface area contributed by atoms with E-state index in [1.54, 1.807) is 0 Å². The molecular formula is C14H28N2O. The van der Waals surface area contributed by atoms with Crippen molar-refractivity contribution in [3.63, 3.8) is 0 Å². The van der Waals surface area contributed by atoms with E-state index in [1.807, 2.05) is 0 Å². The van der Waals surface area contributed by atoms with Crippen LogP contribution in [0.3, 0.4) is 0 Å². The fraction of sp³-hybridized carbons (Fsp3) is 1.00. The highest BCUT2D eigenvalue weighted by atomic mass is 16.5. The van der Waals surface area contributed by atoms with E-state index in [0.717, 1.165) is 12.6 Å². The van der Waals surface area contributed by atoms with Gasteiger partial charge in [0.2, 0.25) is 0 Å². The number of hydrogen-bond acceptors (Lipinski definition) is 3. The molecule has 0 spiro atoms. The Morgan fingerprint density at radius 2 is 2.12 bits per heavy atom. The van der Waals surface area contributed by atoms with Crippen molar-refractivity contribution in [1.29, 1.82) is 0 Å². The molecule has 0 saturated carbocycles. The third-order valence-electron chi connectivity index (χ3n) is 4.37. The van der Waals surface area contributed by atoms with Crippen LogP contribution in [0.25, 0.3) is 0 Å². The van der Waals surface area contributed by atoms with Gasteiger partial charge in [-0.2, -0.15) is 0 Å². The molecule has 4 atom stereocenters. The molecule has 2 saturated heterocycles. The highest BCUT2D eigenvalue weighted by Crippen LogP contribution is 2.27. The first-order valence-corrected chi connectivity index (χ1v) is 7.33. The number of hydrogen-bond donors (Lipinski definition) is 1. The molecule has 0 aromatic rings. The maximum absolute atomic E-state index is 5.70. The largest absolute Gasteiger partial charge is 0.377 e. The standard InChI is InChI=1S/C14H28N2O/c1-4-7-15-13-5-8-16(11(2)10-13)14-6-9-17-12(14)3/h11-15H,4-10H2,1-3H3. The summed E-state index contributed by atoms with van der Waals surface area (Å²) in [5.74, 6) is 0. The van der Waals surface area contributed by atoms with Crippen LogP contribution in [-0.2, 0) is 4.74 Å². The minimum absolute atomic E-state index is 0.428. The molecule has 1 N–H and O–H groups in total. The number of piperidine rings is 1. The number of ether oxygens (including phenoxy) is 1. The highest BCUT2D eigenvalue weighted by molar-refractivity contribution is 4.90. The third-order valence-corrected chi connectivity index (χ3v) is 4.37. The Kier molecular flexibility index (Phi) is 4.83. The average Bonchev–Trinajstić information content (AvgIpc) is 2.73. The van der Waals surface area contributed by atoms with E-state index in [-0.39, 0.29) is 0 Å². The molecule has 17 heavy (non-hydrogen) atoms. The van der Waals surface area contributed by atoms with Crippen molar-refractivity contribution >= 4 is 0 Å². The molecule has 3 nitrogen and oxygen atoms in total. The van der Waals surface area contributed by atoms with E-state index in [0.29, 0.717) is 18.2 Å². The SMILES string of the molecule is CCCNC1CCN(C2CCOC2C)C(C)C1. The second-order valence-corrected chi connectivity index (χ2v) is 5.69. The van der Waals surface area contributed by atoms with Gasteiger partial charge in [-0.3, -0.25) is 4.90 Å². The number of nitrogens with zero attached hydrogens (tertiary/aromatic N) is 1. The zero-order valence-electron chi connectivity index (χ0n) is 11.6. The summed E-state index contributed by atoms with van der Waals surface area (Å²) in [6.45, 7) is 10.2. The van der Waals surface area contributed by atoms with Crippen LogP contribution in [0, 0.1) is 0 Å². The van der Waals surface area contributed by atoms with Crippen molar-refractivity contribution in [2.24, 2.45) is 0 Å². The van der Waals surface area contributed by atoms with Gasteiger partial charge >= 0.3 is 0 Å². The van der Waals surface area contributed by atoms with Crippen LogP contribution in [0.2, 0.25) is 0 Å². The van der Waals surface area contributed by atoms with E-state index < -0.39 is 0 Å². The molecule has 3 heteroatoms. The predicted octanol–water partition coefficient (Wildman–Crippen LogP) is 2.02. The molecule has 0 aromatic heterocycles. The van der Waals surface area contributed by atoms with E-state index in [4.69, 9.17) is 4.74 Å². The van der Waals surface area contributed by atoms with Crippen LogP contribution in [0.15, 0.2) is 0 Å². The second kappa shape index (κ2) is 6.17. The summed E-state index contributed by atoms with van der Waals surface area (Å²) >= 11 is 0. The van der Waals surface area contributed by atoms with Crippen LogP contribution in [-0.4, -0.2) is 48.8 Å². The molecule has 2 heterocycles. The highest BCUT2D eigenvalue weighted by Gasteiger charge is 2.35. The quantitative estimate of drug-likeness (QED) is 0.813. The van der Waals surface area contributed by atoms with E-state index in [2.05, 4.69) is 31.0 Å². The van der Waals surface area contributed by atoms with E-state index >= 15 is 0 Å². The van der Waals surface area contributed by atoms with Crippen molar-refractivity contribution in [2.75, 3.05) is 19.7 Å². The van der Waals surface area contributed by atoms with Gasteiger partial charge in [-0.05, 0) is 46.1 Å². The van der Waals surface area contributed by atoms with Gasteiger partial charge in [0.05, 0.1) is 6.10 Å². The van der Waals surface area contributed by atoms with Gasteiger partial charge in [0.1, 0.15) is 0 Å². The second-order valence-electron chi connectivity index (χ2n) is 5.69. The minimum atomic E-state index is 0.428. The minimum Gasteiger partial charge on any atom is -0.377 e. The van der Waals surface area contributed by atoms with Gasteiger partial charge in [-0.25, -0.2) is 0 Å². The molecule has 4 unspecified atom stereocenters. The Balaban J connectivity index is 1.83. The van der Waals surface area contributed by atoms with Crippen LogP contribution in [0.4, 0.5) is 0 Å². The summed E-state index contributed by atoms with van der Waals surface area (Å²) < 4.78 is 5.70. The van der Waals surface area contributed by atoms with Gasteiger partial charge in [0.25, 0.3) is 0 Å². The monoisotopic (exact) mass is 240 g/mol. The van der Waals surface area contributed by atoms with E-state index in [9.17, 15) is 0 Å². The van der Waals surface area contributed by atoms with Crippen LogP contribution in [0.1, 0.15) is 46.5 Å². The van der Waals surface area contributed by atoms with Crippen molar-refractivity contribution in [3.05, 3.63) is 0 Å². The summed E-state index contributed by atoms with van der Waals surface area (Å²) in [4.78, 5) is 2.68. The lowest BCUT2D eigenvalue weighted by Crippen LogP contribution is -2.53. The first-order valence-electron chi connectivity index (χ1n) is 7.33. The Hall–Kier alpha value is -0.120. The smallest absolute Gasteiger partial charge is 0.0703 e. The topological polar surface area (TPSA) is 24.5 Å². The number of nitrogens with one attached hydrogen (secondary N) is 1. The van der Waals surface area contributed by atoms with Gasteiger partial charge in [0.15, 0.2) is 0 Å². The predicted molar refractivity (Wildman–Crippen MR) is 71.3 cm³/mol. The molecule has 0 aromatic carbocycles. The molecule has 0 radical (unpaired) electrons. The number of rotatable bonds is 4. The van der Waals surface area contributed by atoms with Crippen LogP contribution >= 0.6 is 0 Å². The fourth-order valence-corrected chi connectivity index (χ4v) is 3.37. The van der Waals surface area contributed by atoms with Gasteiger partial charge in [-0.1, -0.05) is 6.92 Å². The lowest BCUT2D eigenvalue weighted by Gasteiger charge is -2.42. The first-order chi connectivity index (χ1) is 8.22. The van der Waals surface area contributed by atoms with Crippen molar-refractivity contribution in [1.82, 2.24) is 10.2 Å². The van der Waals surface area contributed by atoms with Gasteiger partial charge in [-0.15, -0.1) is 0 Å². The number of likely N-dealkylation sites (tertiary alicyclic amines) is 1. The van der Waals surface area contributed by atoms with Gasteiger partial charge < -0.3 is 10.1 Å². The molecule has 2 rings (SSSR count). The third kappa shape index (κ3) is 3.21. The molecule has 2 aliphatic rings. The molecule has 2 fully saturated rings. The molecule has 100 valence electrons. The first kappa shape index (κ1) is 13.3. The summed E-state index contributed by atoms with van der Waals surface area (Å²) in [7, 11) is 0. The molecule has 0 aliphatic carbocycles. The summed E-state index contributed by atoms with van der Waals surface area (Å²) in [6.07, 6.45) is 5.48. The van der Waals surface area contributed by atoms with Crippen molar-refractivity contribution in [3.8, 4) is 0 Å². The zero-order chi connectivity index (χ0) is 12.3. The summed E-state index contributed by atoms with van der Waals surface area (Å²) in [5, 5.41) is 3.67. The molecule has 0 amide bonds. The molecular weight excluding hydrogens is 212 g/mol. The maximum Gasteiger partial charge on any atom is 0.0703 e. The van der Waals surface area contributed by atoms with Crippen molar-refractivity contribution < 1.29 is 4.74 Å². The van der Waals surface area contributed by atoms with Crippen molar-refractivity contribution in [2.45, 2.75) is 70.7 Å². The zero-order valence-corrected chi connectivity index (χ0v) is 11.6. The Bertz CT molecular complexity index is 234. The molecule has 0 bridgehead atoms. The Labute approximate surface area is 106 Å². The normalized spacial score (nSPS) is 39.7. The fourth-order valence-electron chi connectivity index (χ4n) is 3.37. The average molecular weight is 240 g/mol. The van der Waals surface area contributed by atoms with E-state index in [1.165, 1.54) is 38.8 Å². The Morgan fingerprint density at radius 1 is 1.29 bits per heavy atom. The van der Waals surface area contributed by atoms with Crippen LogP contribution in [0.5, 0.6) is 0 Å². The van der Waals surface area contributed by atoms with Crippen LogP contribution < -0.4 is 5.32 Å². The Morgan fingerprint density at radius 3 is 2.71 bits per heavy atom. The lowest BCUT2D eigenvalue weighted by atomic mass is 9.94. The van der Waals surface area contributed by atoms with Gasteiger partial charge in [0, 0.05) is 31.3 Å². The molecule has 2 aliphatic heterocycles. The summed E-state index contributed by atoms with van der Waals surface area (Å²) in [5.41, 5.74) is 0. The summed E-state index contributed by atoms with van der Waals surface area (Å²) in [6, 6.07) is 2.10. The lowest BCUT2D eigenvalue weighted by molar-refractivity contribution is 0.0352. The maximum atomic E-state index is 5.70.